The van der Waals surface area contributed by atoms with E-state index in [9.17, 15) is 14.7 Å². The summed E-state index contributed by atoms with van der Waals surface area (Å²) in [4.78, 5) is 35.6. The standard InChI is InChI=1S/C31H36N4O3S/c36-28-19-26(24-9-3-1-4-10-24)32-23-34(28)22-31(38)15-16-33(21-30(31)13-7-8-14-30)29(37)35-17-18-39-20-27(35)25-11-5-2-6-12-25/h1-6,9-12,19,23,27,38H,7-8,13-18,20-22H2/t27-,31-/m1/s1. The molecule has 204 valence electrons. The molecule has 6 rings (SSSR count). The summed E-state index contributed by atoms with van der Waals surface area (Å²) in [6.07, 6.45) is 5.78. The van der Waals surface area contributed by atoms with E-state index in [0.717, 1.165) is 49.3 Å². The third kappa shape index (κ3) is 5.00. The highest BCUT2D eigenvalue weighted by molar-refractivity contribution is 7.99. The Labute approximate surface area is 233 Å². The number of carbonyl (C=O) groups is 1. The molecular formula is C31H36N4O3S. The van der Waals surface area contributed by atoms with Gasteiger partial charge >= 0.3 is 6.03 Å². The number of likely N-dealkylation sites (tertiary alicyclic amines) is 1. The van der Waals surface area contributed by atoms with Crippen LogP contribution in [-0.4, -0.2) is 67.2 Å². The highest BCUT2D eigenvalue weighted by atomic mass is 32.2. The molecule has 3 heterocycles. The summed E-state index contributed by atoms with van der Waals surface area (Å²) in [7, 11) is 0. The normalized spacial score (nSPS) is 24.7. The Kier molecular flexibility index (Phi) is 7.25. The zero-order chi connectivity index (χ0) is 26.9. The van der Waals surface area contributed by atoms with Gasteiger partial charge in [-0.15, -0.1) is 0 Å². The van der Waals surface area contributed by atoms with Gasteiger partial charge in [-0.25, -0.2) is 9.78 Å². The molecule has 1 saturated carbocycles. The fourth-order valence-electron chi connectivity index (χ4n) is 6.82. The number of hydrogen-bond acceptors (Lipinski definition) is 5. The number of rotatable bonds is 4. The first-order chi connectivity index (χ1) is 19.0. The van der Waals surface area contributed by atoms with Crippen molar-refractivity contribution in [3.05, 3.63) is 89.0 Å². The lowest BCUT2D eigenvalue weighted by atomic mass is 9.66. The van der Waals surface area contributed by atoms with Crippen molar-refractivity contribution in [3.63, 3.8) is 0 Å². The number of nitrogens with zero attached hydrogens (tertiary/aromatic N) is 4. The molecule has 2 aliphatic heterocycles. The van der Waals surface area contributed by atoms with E-state index >= 15 is 0 Å². The summed E-state index contributed by atoms with van der Waals surface area (Å²) in [5, 5.41) is 12.2. The molecule has 3 aliphatic rings. The van der Waals surface area contributed by atoms with Gasteiger partial charge in [0, 0.05) is 48.2 Å². The first kappa shape index (κ1) is 26.1. The minimum Gasteiger partial charge on any atom is -0.387 e. The van der Waals surface area contributed by atoms with Crippen LogP contribution < -0.4 is 5.56 Å². The molecule has 0 bridgehead atoms. The van der Waals surface area contributed by atoms with Crippen LogP contribution in [0.3, 0.4) is 0 Å². The van der Waals surface area contributed by atoms with E-state index < -0.39 is 11.0 Å². The van der Waals surface area contributed by atoms with Crippen molar-refractivity contribution in [2.45, 2.75) is 50.3 Å². The predicted octanol–water partition coefficient (Wildman–Crippen LogP) is 4.82. The summed E-state index contributed by atoms with van der Waals surface area (Å²) >= 11 is 1.90. The summed E-state index contributed by atoms with van der Waals surface area (Å²) in [5.74, 6) is 1.83. The largest absolute Gasteiger partial charge is 0.387 e. The van der Waals surface area contributed by atoms with Crippen molar-refractivity contribution in [2.75, 3.05) is 31.1 Å². The number of hydrogen-bond donors (Lipinski definition) is 1. The third-order valence-corrected chi connectivity index (χ3v) is 10.1. The van der Waals surface area contributed by atoms with Crippen LogP contribution in [0.1, 0.15) is 43.7 Å². The average Bonchev–Trinajstić information content (AvgIpc) is 3.46. The van der Waals surface area contributed by atoms with E-state index in [1.54, 1.807) is 17.0 Å². The van der Waals surface area contributed by atoms with Crippen LogP contribution in [0.25, 0.3) is 11.3 Å². The summed E-state index contributed by atoms with van der Waals surface area (Å²) in [6, 6.07) is 21.6. The zero-order valence-electron chi connectivity index (χ0n) is 22.2. The van der Waals surface area contributed by atoms with Crippen LogP contribution in [0.15, 0.2) is 77.9 Å². The Morgan fingerprint density at radius 3 is 2.44 bits per heavy atom. The molecule has 1 aliphatic carbocycles. The second kappa shape index (κ2) is 10.8. The molecule has 1 aromatic heterocycles. The number of thioether (sulfide) groups is 1. The zero-order valence-corrected chi connectivity index (χ0v) is 23.1. The van der Waals surface area contributed by atoms with Crippen molar-refractivity contribution >= 4 is 17.8 Å². The Hall–Kier alpha value is -3.10. The van der Waals surface area contributed by atoms with E-state index in [4.69, 9.17) is 0 Å². The van der Waals surface area contributed by atoms with Gasteiger partial charge in [-0.05, 0) is 24.8 Å². The molecule has 2 saturated heterocycles. The molecule has 2 atom stereocenters. The Morgan fingerprint density at radius 2 is 1.72 bits per heavy atom. The van der Waals surface area contributed by atoms with Crippen molar-refractivity contribution < 1.29 is 9.90 Å². The van der Waals surface area contributed by atoms with E-state index in [2.05, 4.69) is 17.1 Å². The van der Waals surface area contributed by atoms with E-state index in [1.165, 1.54) is 5.56 Å². The number of aliphatic hydroxyl groups is 1. The molecule has 3 fully saturated rings. The Balaban J connectivity index is 1.23. The quantitative estimate of drug-likeness (QED) is 0.510. The Bertz CT molecular complexity index is 1360. The number of benzene rings is 2. The predicted molar refractivity (Wildman–Crippen MR) is 155 cm³/mol. The van der Waals surface area contributed by atoms with Gasteiger partial charge in [0.15, 0.2) is 0 Å². The summed E-state index contributed by atoms with van der Waals surface area (Å²) < 4.78 is 1.55. The summed E-state index contributed by atoms with van der Waals surface area (Å²) in [5.41, 5.74) is 1.03. The minimum atomic E-state index is -1.07. The molecule has 0 unspecified atom stereocenters. The van der Waals surface area contributed by atoms with Crippen LogP contribution in [-0.2, 0) is 6.54 Å². The SMILES string of the molecule is O=C(N1CC[C@@](O)(Cn2cnc(-c3ccccc3)cc2=O)C2(CCCC2)C1)N1CCSC[C@@H]1c1ccccc1. The molecular weight excluding hydrogens is 508 g/mol. The van der Waals surface area contributed by atoms with Crippen molar-refractivity contribution in [1.29, 1.82) is 0 Å². The maximum atomic E-state index is 14.0. The van der Waals surface area contributed by atoms with Crippen LogP contribution >= 0.6 is 11.8 Å². The van der Waals surface area contributed by atoms with Crippen molar-refractivity contribution in [2.24, 2.45) is 5.41 Å². The monoisotopic (exact) mass is 544 g/mol. The van der Waals surface area contributed by atoms with Crippen LogP contribution in [0.2, 0.25) is 0 Å². The molecule has 39 heavy (non-hydrogen) atoms. The van der Waals surface area contributed by atoms with Gasteiger partial charge < -0.3 is 14.9 Å². The van der Waals surface area contributed by atoms with Gasteiger partial charge in [-0.3, -0.25) is 9.36 Å². The van der Waals surface area contributed by atoms with Gasteiger partial charge in [0.2, 0.25) is 0 Å². The number of aromatic nitrogens is 2. The molecule has 2 aromatic carbocycles. The van der Waals surface area contributed by atoms with Crippen LogP contribution in [0.4, 0.5) is 4.79 Å². The lowest BCUT2D eigenvalue weighted by molar-refractivity contribution is -0.136. The smallest absolute Gasteiger partial charge is 0.320 e. The first-order valence-corrected chi connectivity index (χ1v) is 15.2. The highest BCUT2D eigenvalue weighted by Crippen LogP contribution is 2.52. The molecule has 1 spiro atoms. The van der Waals surface area contributed by atoms with E-state index in [-0.39, 0.29) is 24.2 Å². The maximum Gasteiger partial charge on any atom is 0.320 e. The first-order valence-electron chi connectivity index (χ1n) is 14.0. The number of urea groups is 1. The second-order valence-corrected chi connectivity index (χ2v) is 12.4. The van der Waals surface area contributed by atoms with Gasteiger partial charge in [-0.1, -0.05) is 73.5 Å². The topological polar surface area (TPSA) is 78.7 Å². The molecule has 8 heteroatoms. The maximum absolute atomic E-state index is 14.0. The van der Waals surface area contributed by atoms with E-state index in [0.29, 0.717) is 25.2 Å². The van der Waals surface area contributed by atoms with Gasteiger partial charge in [0.1, 0.15) is 0 Å². The molecule has 1 N–H and O–H groups in total. The highest BCUT2D eigenvalue weighted by Gasteiger charge is 2.56. The van der Waals surface area contributed by atoms with Crippen LogP contribution in [0, 0.1) is 5.41 Å². The summed E-state index contributed by atoms with van der Waals surface area (Å²) in [6.45, 7) is 1.93. The second-order valence-electron chi connectivity index (χ2n) is 11.3. The van der Waals surface area contributed by atoms with Gasteiger partial charge in [0.25, 0.3) is 5.56 Å². The van der Waals surface area contributed by atoms with Crippen molar-refractivity contribution in [3.8, 4) is 11.3 Å². The lowest BCUT2D eigenvalue weighted by Gasteiger charge is -2.53. The molecule has 7 nitrogen and oxygen atoms in total. The van der Waals surface area contributed by atoms with Crippen LogP contribution in [0.5, 0.6) is 0 Å². The lowest BCUT2D eigenvalue weighted by Crippen LogP contribution is -2.63. The minimum absolute atomic E-state index is 0.0607. The number of amides is 2. The average molecular weight is 545 g/mol. The fraction of sp³-hybridized carbons (Fsp3) is 0.452. The fourth-order valence-corrected chi connectivity index (χ4v) is 7.91. The van der Waals surface area contributed by atoms with Gasteiger partial charge in [-0.2, -0.15) is 11.8 Å². The molecule has 0 radical (unpaired) electrons. The number of carbonyl (C=O) groups excluding carboxylic acids is 1. The number of piperidine rings is 1. The Morgan fingerprint density at radius 1 is 1.00 bits per heavy atom. The third-order valence-electron chi connectivity index (χ3n) is 9.05. The molecule has 2 amide bonds. The van der Waals surface area contributed by atoms with E-state index in [1.807, 2.05) is 70.1 Å². The van der Waals surface area contributed by atoms with Crippen molar-refractivity contribution in [1.82, 2.24) is 19.4 Å². The molecule has 3 aromatic rings. The van der Waals surface area contributed by atoms with Gasteiger partial charge in [0.05, 0.1) is 30.2 Å².